The van der Waals surface area contributed by atoms with Crippen LogP contribution in [-0.4, -0.2) is 45.4 Å². The van der Waals surface area contributed by atoms with Crippen molar-refractivity contribution in [1.82, 2.24) is 10.7 Å². The van der Waals surface area contributed by atoms with E-state index in [9.17, 15) is 9.59 Å². The van der Waals surface area contributed by atoms with Crippen LogP contribution >= 0.6 is 11.3 Å². The number of hydrogen-bond donors (Lipinski definition) is 2. The third-order valence-corrected chi connectivity index (χ3v) is 5.54. The number of thiophene rings is 1. The van der Waals surface area contributed by atoms with Crippen molar-refractivity contribution in [3.63, 3.8) is 0 Å². The summed E-state index contributed by atoms with van der Waals surface area (Å²) in [5.41, 5.74) is 4.33. The van der Waals surface area contributed by atoms with Crippen molar-refractivity contribution in [2.24, 2.45) is 5.10 Å². The van der Waals surface area contributed by atoms with Gasteiger partial charge >= 0.3 is 0 Å². The molecule has 0 spiro atoms. The molecule has 0 aliphatic heterocycles. The summed E-state index contributed by atoms with van der Waals surface area (Å²) in [6.07, 6.45) is 0. The molecule has 8 nitrogen and oxygen atoms in total. The zero-order valence-corrected chi connectivity index (χ0v) is 18.5. The highest BCUT2D eigenvalue weighted by atomic mass is 32.1. The van der Waals surface area contributed by atoms with Crippen molar-refractivity contribution in [2.45, 2.75) is 6.92 Å². The zero-order chi connectivity index (χ0) is 22.4. The predicted molar refractivity (Wildman–Crippen MR) is 121 cm³/mol. The smallest absolute Gasteiger partial charge is 0.259 e. The van der Waals surface area contributed by atoms with Crippen LogP contribution in [0.15, 0.2) is 46.9 Å². The van der Waals surface area contributed by atoms with E-state index < -0.39 is 11.8 Å². The van der Waals surface area contributed by atoms with E-state index in [0.717, 1.165) is 15.6 Å². The molecule has 3 rings (SSSR count). The lowest BCUT2D eigenvalue weighted by molar-refractivity contribution is -0.120. The Bertz CT molecular complexity index is 1140. The molecule has 9 heteroatoms. The average molecular weight is 442 g/mol. The van der Waals surface area contributed by atoms with Crippen molar-refractivity contribution in [2.75, 3.05) is 27.9 Å². The van der Waals surface area contributed by atoms with Crippen molar-refractivity contribution in [3.8, 4) is 17.2 Å². The Morgan fingerprint density at radius 1 is 0.968 bits per heavy atom. The molecule has 2 aromatic carbocycles. The van der Waals surface area contributed by atoms with Crippen LogP contribution in [0.1, 0.15) is 22.8 Å². The lowest BCUT2D eigenvalue weighted by Crippen LogP contribution is -2.35. The van der Waals surface area contributed by atoms with Crippen molar-refractivity contribution >= 4 is 38.9 Å². The van der Waals surface area contributed by atoms with Crippen LogP contribution in [-0.2, 0) is 4.79 Å². The van der Waals surface area contributed by atoms with Gasteiger partial charge in [-0.2, -0.15) is 5.10 Å². The van der Waals surface area contributed by atoms with Gasteiger partial charge in [-0.25, -0.2) is 5.43 Å². The number of benzene rings is 2. The molecule has 0 saturated carbocycles. The molecule has 3 aromatic rings. The Hall–Kier alpha value is -3.59. The summed E-state index contributed by atoms with van der Waals surface area (Å²) in [5, 5.41) is 9.80. The fourth-order valence-corrected chi connectivity index (χ4v) is 4.04. The van der Waals surface area contributed by atoms with E-state index in [-0.39, 0.29) is 17.9 Å². The van der Waals surface area contributed by atoms with Gasteiger partial charge in [0, 0.05) is 21.0 Å². The monoisotopic (exact) mass is 441 g/mol. The normalized spacial score (nSPS) is 11.2. The summed E-state index contributed by atoms with van der Waals surface area (Å²) in [5.74, 6) is 0.00634. The average Bonchev–Trinajstić information content (AvgIpc) is 3.24. The molecule has 0 unspecified atom stereocenters. The SMILES string of the molecule is COc1ccc(C(=O)NCC(=O)N/N=C(\C)c2csc3ccccc23)c(OC)c1OC. The van der Waals surface area contributed by atoms with Gasteiger partial charge in [0.25, 0.3) is 11.8 Å². The van der Waals surface area contributed by atoms with Crippen LogP contribution in [0.2, 0.25) is 0 Å². The Kier molecular flexibility index (Phi) is 7.09. The van der Waals surface area contributed by atoms with Crippen LogP contribution in [0.4, 0.5) is 0 Å². The first-order valence-electron chi connectivity index (χ1n) is 9.37. The fourth-order valence-electron chi connectivity index (χ4n) is 3.04. The van der Waals surface area contributed by atoms with Crippen molar-refractivity contribution in [1.29, 1.82) is 0 Å². The number of rotatable bonds is 8. The van der Waals surface area contributed by atoms with E-state index in [1.54, 1.807) is 17.4 Å². The van der Waals surface area contributed by atoms with Gasteiger partial charge in [0.15, 0.2) is 11.5 Å². The molecule has 1 heterocycles. The zero-order valence-electron chi connectivity index (χ0n) is 17.6. The lowest BCUT2D eigenvalue weighted by atomic mass is 10.1. The molecular weight excluding hydrogens is 418 g/mol. The minimum Gasteiger partial charge on any atom is -0.493 e. The molecule has 0 radical (unpaired) electrons. The number of nitrogens with one attached hydrogen (secondary N) is 2. The number of ether oxygens (including phenoxy) is 3. The number of amides is 2. The molecule has 0 aliphatic rings. The third kappa shape index (κ3) is 4.77. The number of hydrogen-bond acceptors (Lipinski definition) is 7. The van der Waals surface area contributed by atoms with E-state index >= 15 is 0 Å². The van der Waals surface area contributed by atoms with E-state index in [0.29, 0.717) is 17.2 Å². The first kappa shape index (κ1) is 22.1. The molecule has 0 saturated heterocycles. The topological polar surface area (TPSA) is 98.2 Å². The summed E-state index contributed by atoms with van der Waals surface area (Å²) in [6.45, 7) is 1.57. The quantitative estimate of drug-likeness (QED) is 0.413. The molecule has 0 aliphatic carbocycles. The van der Waals surface area contributed by atoms with Crippen LogP contribution in [0.25, 0.3) is 10.1 Å². The molecule has 31 heavy (non-hydrogen) atoms. The van der Waals surface area contributed by atoms with Crippen LogP contribution < -0.4 is 25.0 Å². The van der Waals surface area contributed by atoms with E-state index in [2.05, 4.69) is 15.8 Å². The summed E-state index contributed by atoms with van der Waals surface area (Å²) in [4.78, 5) is 24.8. The van der Waals surface area contributed by atoms with Crippen molar-refractivity contribution < 1.29 is 23.8 Å². The van der Waals surface area contributed by atoms with Crippen molar-refractivity contribution in [3.05, 3.63) is 52.9 Å². The number of hydrazone groups is 1. The third-order valence-electron chi connectivity index (χ3n) is 4.58. The number of fused-ring (bicyclic) bond motifs is 1. The second-order valence-corrected chi connectivity index (χ2v) is 7.35. The van der Waals surface area contributed by atoms with Gasteiger partial charge in [-0.15, -0.1) is 11.3 Å². The number of carbonyl (C=O) groups excluding carboxylic acids is 2. The summed E-state index contributed by atoms with van der Waals surface area (Å²) < 4.78 is 16.9. The Morgan fingerprint density at radius 3 is 2.42 bits per heavy atom. The maximum Gasteiger partial charge on any atom is 0.259 e. The van der Waals surface area contributed by atoms with Crippen LogP contribution in [0.5, 0.6) is 17.2 Å². The number of nitrogens with zero attached hydrogens (tertiary/aromatic N) is 1. The lowest BCUT2D eigenvalue weighted by Gasteiger charge is -2.15. The summed E-state index contributed by atoms with van der Waals surface area (Å²) >= 11 is 1.62. The molecule has 1 aromatic heterocycles. The highest BCUT2D eigenvalue weighted by molar-refractivity contribution is 7.17. The Labute approximate surface area is 183 Å². The highest BCUT2D eigenvalue weighted by Gasteiger charge is 2.21. The maximum atomic E-state index is 12.6. The second-order valence-electron chi connectivity index (χ2n) is 6.44. The van der Waals surface area contributed by atoms with Gasteiger partial charge in [0.2, 0.25) is 5.75 Å². The van der Waals surface area contributed by atoms with Gasteiger partial charge < -0.3 is 19.5 Å². The molecule has 0 atom stereocenters. The first-order valence-corrected chi connectivity index (χ1v) is 10.2. The fraction of sp³-hybridized carbons (Fsp3) is 0.227. The Balaban J connectivity index is 1.64. The molecule has 0 fully saturated rings. The number of methoxy groups -OCH3 is 3. The molecule has 2 amide bonds. The van der Waals surface area contributed by atoms with Crippen LogP contribution in [0.3, 0.4) is 0 Å². The minimum absolute atomic E-state index is 0.220. The summed E-state index contributed by atoms with van der Waals surface area (Å²) in [7, 11) is 4.36. The van der Waals surface area contributed by atoms with Crippen LogP contribution in [0, 0.1) is 0 Å². The van der Waals surface area contributed by atoms with E-state index in [1.165, 1.54) is 27.4 Å². The molecule has 162 valence electrons. The van der Waals surface area contributed by atoms with Gasteiger partial charge in [-0.05, 0) is 25.1 Å². The highest BCUT2D eigenvalue weighted by Crippen LogP contribution is 2.39. The second kappa shape index (κ2) is 9.94. The molecule has 0 bridgehead atoms. The van der Waals surface area contributed by atoms with E-state index in [4.69, 9.17) is 14.2 Å². The molecular formula is C22H23N3O5S. The predicted octanol–water partition coefficient (Wildman–Crippen LogP) is 3.20. The number of carbonyl (C=O) groups is 2. The van der Waals surface area contributed by atoms with Gasteiger partial charge in [0.05, 0.1) is 39.1 Å². The Morgan fingerprint density at radius 2 is 1.71 bits per heavy atom. The van der Waals surface area contributed by atoms with Gasteiger partial charge in [-0.3, -0.25) is 9.59 Å². The largest absolute Gasteiger partial charge is 0.493 e. The first-order chi connectivity index (χ1) is 15.0. The minimum atomic E-state index is -0.488. The van der Waals surface area contributed by atoms with Gasteiger partial charge in [0.1, 0.15) is 0 Å². The maximum absolute atomic E-state index is 12.6. The van der Waals surface area contributed by atoms with Gasteiger partial charge in [-0.1, -0.05) is 18.2 Å². The molecule has 2 N–H and O–H groups in total. The van der Waals surface area contributed by atoms with E-state index in [1.807, 2.05) is 36.6 Å². The summed E-state index contributed by atoms with van der Waals surface area (Å²) in [6, 6.07) is 11.1. The standard InChI is InChI=1S/C22H23N3O5S/c1-13(16-12-31-18-8-6-5-7-14(16)18)24-25-19(26)11-23-22(27)15-9-10-17(28-2)21(30-4)20(15)29-3/h5-10,12H,11H2,1-4H3,(H,23,27)(H,25,26)/b24-13+.